The van der Waals surface area contributed by atoms with E-state index in [0.717, 1.165) is 25.9 Å². The fourth-order valence-corrected chi connectivity index (χ4v) is 5.74. The lowest BCUT2D eigenvalue weighted by Gasteiger charge is -2.36. The number of carbonyl (C=O) groups excluding carboxylic acids is 1. The van der Waals surface area contributed by atoms with Crippen molar-refractivity contribution >= 4 is 44.8 Å². The van der Waals surface area contributed by atoms with Crippen molar-refractivity contribution in [2.75, 3.05) is 30.9 Å². The van der Waals surface area contributed by atoms with Crippen molar-refractivity contribution in [2.24, 2.45) is 0 Å². The first kappa shape index (κ1) is 22.4. The molecule has 31 heavy (non-hydrogen) atoms. The molecule has 1 amide bonds. The van der Waals surface area contributed by atoms with Crippen LogP contribution in [0.5, 0.6) is 0 Å². The van der Waals surface area contributed by atoms with Crippen LogP contribution in [0.3, 0.4) is 0 Å². The summed E-state index contributed by atoms with van der Waals surface area (Å²) in [7, 11) is -3.86. The lowest BCUT2D eigenvalue weighted by Crippen LogP contribution is -2.45. The number of carbonyl (C=O) groups is 1. The zero-order valence-corrected chi connectivity index (χ0v) is 19.4. The summed E-state index contributed by atoms with van der Waals surface area (Å²) in [6.07, 6.45) is 4.50. The maximum atomic E-state index is 13.0. The Labute approximate surface area is 193 Å². The van der Waals surface area contributed by atoms with Gasteiger partial charge in [-0.2, -0.15) is 0 Å². The van der Waals surface area contributed by atoms with E-state index >= 15 is 0 Å². The summed E-state index contributed by atoms with van der Waals surface area (Å²) in [5, 5.41) is 0.438. The van der Waals surface area contributed by atoms with E-state index in [1.54, 1.807) is 24.3 Å². The molecule has 1 N–H and O–H groups in total. The number of amides is 1. The van der Waals surface area contributed by atoms with Crippen LogP contribution in [-0.4, -0.2) is 56.3 Å². The predicted octanol–water partition coefficient (Wildman–Crippen LogP) is 4.49. The van der Waals surface area contributed by atoms with Gasteiger partial charge in [-0.25, -0.2) is 8.42 Å². The van der Waals surface area contributed by atoms with Crippen molar-refractivity contribution in [3.05, 3.63) is 58.1 Å². The zero-order chi connectivity index (χ0) is 22.0. The van der Waals surface area contributed by atoms with Gasteiger partial charge in [0.05, 0.1) is 14.9 Å². The Morgan fingerprint density at radius 2 is 1.65 bits per heavy atom. The number of nitrogens with zero attached hydrogens (tertiary/aromatic N) is 2. The molecule has 0 unspecified atom stereocenters. The van der Waals surface area contributed by atoms with Crippen LogP contribution in [0.4, 0.5) is 5.69 Å². The molecule has 4 rings (SSSR count). The van der Waals surface area contributed by atoms with E-state index in [9.17, 15) is 13.2 Å². The van der Waals surface area contributed by atoms with Crippen LogP contribution in [0.15, 0.2) is 47.4 Å². The molecule has 2 saturated heterocycles. The largest absolute Gasteiger partial charge is 0.339 e. The van der Waals surface area contributed by atoms with Gasteiger partial charge in [-0.05, 0) is 75.2 Å². The van der Waals surface area contributed by atoms with Gasteiger partial charge < -0.3 is 9.80 Å². The molecule has 166 valence electrons. The number of likely N-dealkylation sites (tertiary alicyclic amines) is 2. The van der Waals surface area contributed by atoms with Crippen molar-refractivity contribution in [1.82, 2.24) is 9.80 Å². The van der Waals surface area contributed by atoms with E-state index in [-0.39, 0.29) is 20.8 Å². The van der Waals surface area contributed by atoms with E-state index in [1.807, 2.05) is 4.90 Å². The lowest BCUT2D eigenvalue weighted by molar-refractivity contribution is 0.0644. The van der Waals surface area contributed by atoms with E-state index in [1.165, 1.54) is 44.1 Å². The van der Waals surface area contributed by atoms with E-state index in [0.29, 0.717) is 17.3 Å². The third kappa shape index (κ3) is 5.17. The molecule has 0 saturated carbocycles. The Morgan fingerprint density at radius 3 is 2.32 bits per heavy atom. The Morgan fingerprint density at radius 1 is 0.935 bits per heavy atom. The Hall–Kier alpha value is -1.80. The van der Waals surface area contributed by atoms with E-state index in [2.05, 4.69) is 9.62 Å². The number of rotatable bonds is 5. The molecule has 9 heteroatoms. The van der Waals surface area contributed by atoms with Crippen molar-refractivity contribution in [2.45, 2.75) is 36.6 Å². The molecule has 2 aromatic carbocycles. The van der Waals surface area contributed by atoms with E-state index < -0.39 is 10.0 Å². The highest BCUT2D eigenvalue weighted by Crippen LogP contribution is 2.27. The molecule has 0 aromatic heterocycles. The molecular formula is C22H25Cl2N3O3S. The predicted molar refractivity (Wildman–Crippen MR) is 123 cm³/mol. The average Bonchev–Trinajstić information content (AvgIpc) is 3.30. The zero-order valence-electron chi connectivity index (χ0n) is 17.1. The molecule has 2 fully saturated rings. The highest BCUT2D eigenvalue weighted by atomic mass is 35.5. The standard InChI is InChI=1S/C22H25Cl2N3O3S/c23-20-7-6-19(15-21(20)24)31(29,30)25-17-5-3-4-16(14-17)22(28)27-12-8-18(9-13-27)26-10-1-2-11-26/h3-7,14-15,18,25H,1-2,8-13H2. The summed E-state index contributed by atoms with van der Waals surface area (Å²) < 4.78 is 27.9. The minimum absolute atomic E-state index is 0.00242. The number of benzene rings is 2. The first-order valence-corrected chi connectivity index (χ1v) is 12.7. The lowest BCUT2D eigenvalue weighted by atomic mass is 10.0. The monoisotopic (exact) mass is 481 g/mol. The number of anilines is 1. The molecule has 2 aliphatic rings. The summed E-state index contributed by atoms with van der Waals surface area (Å²) in [5.41, 5.74) is 0.790. The second-order valence-electron chi connectivity index (χ2n) is 8.03. The molecule has 2 heterocycles. The SMILES string of the molecule is O=C(c1cccc(NS(=O)(=O)c2ccc(Cl)c(Cl)c2)c1)N1CCC(N2CCCC2)CC1. The van der Waals surface area contributed by atoms with Gasteiger partial charge in [-0.1, -0.05) is 29.3 Å². The van der Waals surface area contributed by atoms with Crippen LogP contribution in [0.2, 0.25) is 10.0 Å². The van der Waals surface area contributed by atoms with Crippen LogP contribution in [0, 0.1) is 0 Å². The average molecular weight is 482 g/mol. The van der Waals surface area contributed by atoms with Gasteiger partial charge in [0, 0.05) is 30.4 Å². The third-order valence-electron chi connectivity index (χ3n) is 5.97. The third-order valence-corrected chi connectivity index (χ3v) is 8.09. The smallest absolute Gasteiger partial charge is 0.261 e. The number of sulfonamides is 1. The van der Waals surface area contributed by atoms with Gasteiger partial charge in [0.2, 0.25) is 0 Å². The van der Waals surface area contributed by atoms with Crippen LogP contribution in [0.25, 0.3) is 0 Å². The number of piperidine rings is 1. The Kier molecular flexibility index (Phi) is 6.77. The van der Waals surface area contributed by atoms with Crippen molar-refractivity contribution in [1.29, 1.82) is 0 Å². The summed E-state index contributed by atoms with van der Waals surface area (Å²) in [4.78, 5) is 17.4. The van der Waals surface area contributed by atoms with Crippen LogP contribution in [0.1, 0.15) is 36.0 Å². The minimum Gasteiger partial charge on any atom is -0.339 e. The van der Waals surface area contributed by atoms with Crippen LogP contribution in [-0.2, 0) is 10.0 Å². The quantitative estimate of drug-likeness (QED) is 0.682. The minimum atomic E-state index is -3.86. The Bertz CT molecular complexity index is 1060. The Balaban J connectivity index is 1.43. The normalized spacial score (nSPS) is 18.3. The maximum Gasteiger partial charge on any atom is 0.261 e. The van der Waals surface area contributed by atoms with Gasteiger partial charge in [0.15, 0.2) is 0 Å². The van der Waals surface area contributed by atoms with Gasteiger partial charge >= 0.3 is 0 Å². The second-order valence-corrected chi connectivity index (χ2v) is 10.5. The molecule has 0 atom stereocenters. The maximum absolute atomic E-state index is 13.0. The summed E-state index contributed by atoms with van der Waals surface area (Å²) in [6, 6.07) is 11.3. The van der Waals surface area contributed by atoms with Gasteiger partial charge in [-0.3, -0.25) is 9.52 Å². The van der Waals surface area contributed by atoms with Crippen LogP contribution < -0.4 is 4.72 Å². The van der Waals surface area contributed by atoms with Gasteiger partial charge in [0.1, 0.15) is 0 Å². The molecule has 2 aromatic rings. The van der Waals surface area contributed by atoms with Crippen molar-refractivity contribution in [3.8, 4) is 0 Å². The fraction of sp³-hybridized carbons (Fsp3) is 0.409. The highest BCUT2D eigenvalue weighted by molar-refractivity contribution is 7.92. The number of nitrogens with one attached hydrogen (secondary N) is 1. The topological polar surface area (TPSA) is 69.7 Å². The van der Waals surface area contributed by atoms with Crippen molar-refractivity contribution in [3.63, 3.8) is 0 Å². The molecule has 0 radical (unpaired) electrons. The molecular weight excluding hydrogens is 457 g/mol. The number of hydrogen-bond acceptors (Lipinski definition) is 4. The molecule has 0 aliphatic carbocycles. The summed E-state index contributed by atoms with van der Waals surface area (Å²) >= 11 is 11.8. The number of halogens is 2. The summed E-state index contributed by atoms with van der Waals surface area (Å²) in [6.45, 7) is 3.78. The van der Waals surface area contributed by atoms with Crippen molar-refractivity contribution < 1.29 is 13.2 Å². The number of hydrogen-bond donors (Lipinski definition) is 1. The van der Waals surface area contributed by atoms with Gasteiger partial charge in [-0.15, -0.1) is 0 Å². The molecule has 6 nitrogen and oxygen atoms in total. The van der Waals surface area contributed by atoms with Crippen LogP contribution >= 0.6 is 23.2 Å². The molecule has 2 aliphatic heterocycles. The highest BCUT2D eigenvalue weighted by Gasteiger charge is 2.28. The first-order chi connectivity index (χ1) is 14.8. The van der Waals surface area contributed by atoms with E-state index in [4.69, 9.17) is 23.2 Å². The molecule has 0 spiro atoms. The van der Waals surface area contributed by atoms with Gasteiger partial charge in [0.25, 0.3) is 15.9 Å². The second kappa shape index (κ2) is 9.36. The molecule has 0 bridgehead atoms. The summed E-state index contributed by atoms with van der Waals surface area (Å²) in [5.74, 6) is -0.0737. The fourth-order valence-electron chi connectivity index (χ4n) is 4.30. The first-order valence-electron chi connectivity index (χ1n) is 10.4.